The highest BCUT2D eigenvalue weighted by Crippen LogP contribution is 2.42. The van der Waals surface area contributed by atoms with Gasteiger partial charge in [0.25, 0.3) is 0 Å². The molecular weight excluding hydrogens is 344 g/mol. The van der Waals surface area contributed by atoms with Gasteiger partial charge in [-0.05, 0) is 43.0 Å². The number of nitrogens with one attached hydrogen (secondary N) is 1. The molecule has 4 heterocycles. The van der Waals surface area contributed by atoms with E-state index in [0.717, 1.165) is 36.3 Å². The first-order valence-corrected chi connectivity index (χ1v) is 9.66. The second kappa shape index (κ2) is 6.07. The van der Waals surface area contributed by atoms with Crippen LogP contribution >= 0.6 is 11.3 Å². The van der Waals surface area contributed by atoms with Crippen LogP contribution in [0.4, 0.5) is 0 Å². The summed E-state index contributed by atoms with van der Waals surface area (Å²) in [6.45, 7) is 4.16. The Balaban J connectivity index is 1.73. The molecule has 0 spiro atoms. The van der Waals surface area contributed by atoms with E-state index in [1.807, 2.05) is 6.20 Å². The van der Waals surface area contributed by atoms with Gasteiger partial charge in [-0.25, -0.2) is 9.97 Å². The zero-order chi connectivity index (χ0) is 17.7. The molecule has 0 amide bonds. The predicted octanol–water partition coefficient (Wildman–Crippen LogP) is 4.16. The highest BCUT2D eigenvalue weighted by molar-refractivity contribution is 7.22. The van der Waals surface area contributed by atoms with Crippen molar-refractivity contribution in [2.75, 3.05) is 20.2 Å². The lowest BCUT2D eigenvalue weighted by molar-refractivity contribution is 0.420. The van der Waals surface area contributed by atoms with E-state index in [0.29, 0.717) is 6.04 Å². The normalized spacial score (nSPS) is 17.4. The Labute approximate surface area is 155 Å². The van der Waals surface area contributed by atoms with Gasteiger partial charge in [-0.15, -0.1) is 11.3 Å². The lowest BCUT2D eigenvalue weighted by Crippen LogP contribution is -2.12. The average Bonchev–Trinajstić information content (AvgIpc) is 3.38. The van der Waals surface area contributed by atoms with Gasteiger partial charge in [0.1, 0.15) is 17.7 Å². The van der Waals surface area contributed by atoms with Crippen LogP contribution in [0, 0.1) is 6.92 Å². The van der Waals surface area contributed by atoms with Crippen LogP contribution in [0.2, 0.25) is 0 Å². The fourth-order valence-corrected chi connectivity index (χ4v) is 5.05. The van der Waals surface area contributed by atoms with Gasteiger partial charge in [-0.1, -0.05) is 6.07 Å². The molecule has 1 atom stereocenters. The van der Waals surface area contributed by atoms with Gasteiger partial charge in [0, 0.05) is 40.8 Å². The van der Waals surface area contributed by atoms with E-state index in [1.54, 1.807) is 24.8 Å². The van der Waals surface area contributed by atoms with Gasteiger partial charge in [-0.3, -0.25) is 0 Å². The van der Waals surface area contributed by atoms with Crippen molar-refractivity contribution in [3.63, 3.8) is 0 Å². The van der Waals surface area contributed by atoms with Crippen molar-refractivity contribution in [3.8, 4) is 16.2 Å². The minimum Gasteiger partial charge on any atom is -0.495 e. The molecule has 0 bridgehead atoms. The minimum atomic E-state index is 0.451. The molecule has 0 saturated carbocycles. The fourth-order valence-electron chi connectivity index (χ4n) is 3.89. The number of methoxy groups -OCH3 is 1. The Morgan fingerprint density at radius 1 is 1.31 bits per heavy atom. The van der Waals surface area contributed by atoms with E-state index in [1.165, 1.54) is 26.1 Å². The highest BCUT2D eigenvalue weighted by atomic mass is 32.1. The van der Waals surface area contributed by atoms with E-state index >= 15 is 0 Å². The summed E-state index contributed by atoms with van der Waals surface area (Å²) in [5.41, 5.74) is 3.43. The molecule has 1 N–H and O–H groups in total. The molecule has 5 rings (SSSR count). The van der Waals surface area contributed by atoms with Crippen LogP contribution in [-0.4, -0.2) is 34.7 Å². The third-order valence-electron chi connectivity index (χ3n) is 5.13. The number of benzene rings is 1. The lowest BCUT2D eigenvalue weighted by atomic mass is 10.1. The Morgan fingerprint density at radius 3 is 3.04 bits per heavy atom. The largest absolute Gasteiger partial charge is 0.495 e. The maximum atomic E-state index is 5.60. The fraction of sp³-hybridized carbons (Fsp3) is 0.300. The van der Waals surface area contributed by atoms with Crippen LogP contribution in [0.3, 0.4) is 0 Å². The number of aryl methyl sites for hydroxylation is 1. The number of hydrogen-bond donors (Lipinski definition) is 1. The first kappa shape index (κ1) is 15.8. The van der Waals surface area contributed by atoms with Gasteiger partial charge in [0.05, 0.1) is 11.8 Å². The molecule has 3 aromatic heterocycles. The molecule has 5 nitrogen and oxygen atoms in total. The molecule has 1 saturated heterocycles. The monoisotopic (exact) mass is 364 g/mol. The van der Waals surface area contributed by atoms with E-state index < -0.39 is 0 Å². The molecule has 4 aromatic rings. The van der Waals surface area contributed by atoms with Crippen molar-refractivity contribution < 1.29 is 4.74 Å². The van der Waals surface area contributed by atoms with Gasteiger partial charge >= 0.3 is 0 Å². The van der Waals surface area contributed by atoms with Crippen molar-refractivity contribution in [3.05, 3.63) is 42.5 Å². The van der Waals surface area contributed by atoms with Crippen LogP contribution in [0.5, 0.6) is 5.75 Å². The maximum absolute atomic E-state index is 5.60. The third-order valence-corrected chi connectivity index (χ3v) is 6.33. The zero-order valence-electron chi connectivity index (χ0n) is 14.8. The van der Waals surface area contributed by atoms with E-state index in [2.05, 4.69) is 51.2 Å². The predicted molar refractivity (Wildman–Crippen MR) is 106 cm³/mol. The molecule has 0 aliphatic carbocycles. The summed E-state index contributed by atoms with van der Waals surface area (Å²) < 4.78 is 9.11. The van der Waals surface area contributed by atoms with Crippen molar-refractivity contribution >= 4 is 32.5 Å². The van der Waals surface area contributed by atoms with Crippen LogP contribution in [-0.2, 0) is 0 Å². The number of aromatic nitrogens is 3. The SMILES string of the molecule is COc1cc(C)cc2cc(-c3cn([C@@H]4CCNC4)c4ncncc34)sc12. The molecular formula is C20H20N4OS. The molecule has 1 fully saturated rings. The lowest BCUT2D eigenvalue weighted by Gasteiger charge is -2.11. The molecule has 132 valence electrons. The van der Waals surface area contributed by atoms with Crippen molar-refractivity contribution in [2.24, 2.45) is 0 Å². The van der Waals surface area contributed by atoms with Gasteiger partial charge in [-0.2, -0.15) is 0 Å². The maximum Gasteiger partial charge on any atom is 0.144 e. The molecule has 0 unspecified atom stereocenters. The average molecular weight is 364 g/mol. The summed E-state index contributed by atoms with van der Waals surface area (Å²) in [6.07, 6.45) is 6.96. The Kier molecular flexibility index (Phi) is 3.69. The second-order valence-corrected chi connectivity index (χ2v) is 7.91. The molecule has 1 aliphatic rings. The summed E-state index contributed by atoms with van der Waals surface area (Å²) in [5.74, 6) is 0.941. The summed E-state index contributed by atoms with van der Waals surface area (Å²) in [4.78, 5) is 10.1. The summed E-state index contributed by atoms with van der Waals surface area (Å²) in [6, 6.07) is 7.02. The molecule has 26 heavy (non-hydrogen) atoms. The first-order valence-electron chi connectivity index (χ1n) is 8.84. The van der Waals surface area contributed by atoms with Crippen molar-refractivity contribution in [1.82, 2.24) is 19.9 Å². The highest BCUT2D eigenvalue weighted by Gasteiger charge is 2.22. The summed E-state index contributed by atoms with van der Waals surface area (Å²) >= 11 is 1.77. The minimum absolute atomic E-state index is 0.451. The Morgan fingerprint density at radius 2 is 2.23 bits per heavy atom. The van der Waals surface area contributed by atoms with Crippen molar-refractivity contribution in [2.45, 2.75) is 19.4 Å². The smallest absolute Gasteiger partial charge is 0.144 e. The standard InChI is InChI=1S/C20H20N4OS/c1-12-5-13-7-18(26-19(13)17(6-12)25-2)16-10-24(14-3-4-21-8-14)20-15(16)9-22-11-23-20/h5-7,9-11,14,21H,3-4,8H2,1-2H3/t14-/m1/s1. The van der Waals surface area contributed by atoms with E-state index in [-0.39, 0.29) is 0 Å². The number of fused-ring (bicyclic) bond motifs is 2. The van der Waals surface area contributed by atoms with Crippen molar-refractivity contribution in [1.29, 1.82) is 0 Å². The van der Waals surface area contributed by atoms with E-state index in [4.69, 9.17) is 4.74 Å². The van der Waals surface area contributed by atoms with E-state index in [9.17, 15) is 0 Å². The molecule has 1 aromatic carbocycles. The number of ether oxygens (including phenoxy) is 1. The van der Waals surface area contributed by atoms with Crippen LogP contribution in [0.1, 0.15) is 18.0 Å². The second-order valence-electron chi connectivity index (χ2n) is 6.85. The molecule has 1 aliphatic heterocycles. The number of nitrogens with zero attached hydrogens (tertiary/aromatic N) is 3. The zero-order valence-corrected chi connectivity index (χ0v) is 15.6. The van der Waals surface area contributed by atoms with Gasteiger partial charge in [0.2, 0.25) is 0 Å². The first-order chi connectivity index (χ1) is 12.7. The molecule has 0 radical (unpaired) electrons. The Hall–Kier alpha value is -2.44. The number of hydrogen-bond acceptors (Lipinski definition) is 5. The topological polar surface area (TPSA) is 52.0 Å². The number of thiophene rings is 1. The molecule has 6 heteroatoms. The van der Waals surface area contributed by atoms with Gasteiger partial charge < -0.3 is 14.6 Å². The van der Waals surface area contributed by atoms with Crippen LogP contribution in [0.15, 0.2) is 36.9 Å². The van der Waals surface area contributed by atoms with Crippen LogP contribution in [0.25, 0.3) is 31.6 Å². The quantitative estimate of drug-likeness (QED) is 0.593. The van der Waals surface area contributed by atoms with Crippen LogP contribution < -0.4 is 10.1 Å². The summed E-state index contributed by atoms with van der Waals surface area (Å²) in [5, 5.41) is 5.79. The van der Waals surface area contributed by atoms with Gasteiger partial charge in [0.15, 0.2) is 0 Å². The Bertz CT molecular complexity index is 1110. The third kappa shape index (κ3) is 2.40. The summed E-state index contributed by atoms with van der Waals surface area (Å²) in [7, 11) is 1.74. The number of rotatable bonds is 3.